The Hall–Kier alpha value is -2.71. The quantitative estimate of drug-likeness (QED) is 0.432. The summed E-state index contributed by atoms with van der Waals surface area (Å²) in [5.41, 5.74) is 0.613. The number of piperidine rings is 1. The molecular formula is C28H29BrFNO5. The maximum atomic E-state index is 14.1. The number of halogens is 2. The van der Waals surface area contributed by atoms with Gasteiger partial charge in [0, 0.05) is 40.5 Å². The van der Waals surface area contributed by atoms with Crippen molar-refractivity contribution in [1.82, 2.24) is 4.90 Å². The first-order chi connectivity index (χ1) is 17.2. The molecule has 0 spiro atoms. The number of aliphatic hydroxyl groups is 1. The van der Waals surface area contributed by atoms with Crippen LogP contribution in [-0.4, -0.2) is 34.6 Å². The van der Waals surface area contributed by atoms with Crippen molar-refractivity contribution in [2.45, 2.75) is 57.7 Å². The van der Waals surface area contributed by atoms with Crippen LogP contribution in [0.25, 0.3) is 11.0 Å². The summed E-state index contributed by atoms with van der Waals surface area (Å²) in [6.07, 6.45) is 4.39. The van der Waals surface area contributed by atoms with E-state index in [0.717, 1.165) is 31.1 Å². The molecule has 190 valence electrons. The maximum absolute atomic E-state index is 14.1. The minimum atomic E-state index is -0.657. The summed E-state index contributed by atoms with van der Waals surface area (Å²) < 4.78 is 26.0. The Kier molecular flexibility index (Phi) is 6.92. The number of carbonyl (C=O) groups is 1. The second-order valence-corrected chi connectivity index (χ2v) is 10.9. The highest BCUT2D eigenvalue weighted by molar-refractivity contribution is 9.10. The predicted molar refractivity (Wildman–Crippen MR) is 137 cm³/mol. The minimum Gasteiger partial charge on any atom is -0.489 e. The zero-order valence-electron chi connectivity index (χ0n) is 20.2. The van der Waals surface area contributed by atoms with Gasteiger partial charge in [0.25, 0.3) is 0 Å². The van der Waals surface area contributed by atoms with E-state index in [2.05, 4.69) is 15.9 Å². The number of rotatable bonds is 5. The van der Waals surface area contributed by atoms with Gasteiger partial charge in [0.15, 0.2) is 0 Å². The number of carbonyl (C=O) groups excluding carboxylic acids is 1. The molecule has 1 amide bonds. The lowest BCUT2D eigenvalue weighted by atomic mass is 9.71. The van der Waals surface area contributed by atoms with Crippen LogP contribution in [0.5, 0.6) is 5.75 Å². The predicted octanol–water partition coefficient (Wildman–Crippen LogP) is 5.28. The summed E-state index contributed by atoms with van der Waals surface area (Å²) in [4.78, 5) is 27.7. The van der Waals surface area contributed by atoms with Crippen LogP contribution in [0.4, 0.5) is 4.39 Å². The minimum absolute atomic E-state index is 0.0314. The smallest absolute Gasteiger partial charge is 0.340 e. The molecule has 6 nitrogen and oxygen atoms in total. The molecule has 36 heavy (non-hydrogen) atoms. The molecule has 1 aliphatic carbocycles. The van der Waals surface area contributed by atoms with Crippen LogP contribution in [0.2, 0.25) is 0 Å². The topological polar surface area (TPSA) is 80.0 Å². The zero-order chi connectivity index (χ0) is 25.4. The van der Waals surface area contributed by atoms with Crippen molar-refractivity contribution in [3.05, 3.63) is 73.8 Å². The zero-order valence-corrected chi connectivity index (χ0v) is 21.8. The summed E-state index contributed by atoms with van der Waals surface area (Å²) >= 11 is 3.24. The van der Waals surface area contributed by atoms with E-state index in [1.165, 1.54) is 6.07 Å². The summed E-state index contributed by atoms with van der Waals surface area (Å²) in [5.74, 6) is 0.0596. The lowest BCUT2D eigenvalue weighted by molar-refractivity contribution is -0.142. The second-order valence-electron chi connectivity index (χ2n) is 9.99. The lowest BCUT2D eigenvalue weighted by Crippen LogP contribution is -2.55. The van der Waals surface area contributed by atoms with Gasteiger partial charge in [0.05, 0.1) is 17.6 Å². The molecule has 0 radical (unpaired) electrons. The molecule has 8 heteroatoms. The van der Waals surface area contributed by atoms with Crippen molar-refractivity contribution >= 4 is 32.8 Å². The fourth-order valence-corrected chi connectivity index (χ4v) is 5.86. The molecule has 1 saturated carbocycles. The first kappa shape index (κ1) is 25.0. The Balaban J connectivity index is 1.31. The van der Waals surface area contributed by atoms with Crippen molar-refractivity contribution in [3.63, 3.8) is 0 Å². The van der Waals surface area contributed by atoms with Gasteiger partial charge in [-0.25, -0.2) is 9.18 Å². The van der Waals surface area contributed by atoms with E-state index in [0.29, 0.717) is 52.0 Å². The molecule has 1 saturated heterocycles. The Morgan fingerprint density at radius 2 is 2.08 bits per heavy atom. The average molecular weight is 558 g/mol. The number of amides is 1. The molecule has 0 bridgehead atoms. The molecular weight excluding hydrogens is 529 g/mol. The number of aryl methyl sites for hydroxylation is 1. The van der Waals surface area contributed by atoms with E-state index >= 15 is 0 Å². The highest BCUT2D eigenvalue weighted by Crippen LogP contribution is 2.40. The molecule has 1 N–H and O–H groups in total. The Bertz CT molecular complexity index is 1370. The molecule has 2 aromatic carbocycles. The summed E-state index contributed by atoms with van der Waals surface area (Å²) in [5, 5.41) is 11.6. The van der Waals surface area contributed by atoms with Crippen LogP contribution >= 0.6 is 15.9 Å². The number of nitrogens with zero attached hydrogens (tertiary/aromatic N) is 1. The van der Waals surface area contributed by atoms with Crippen LogP contribution in [0.15, 0.2) is 50.1 Å². The molecule has 2 atom stereocenters. The van der Waals surface area contributed by atoms with Crippen molar-refractivity contribution in [3.8, 4) is 5.75 Å². The first-order valence-corrected chi connectivity index (χ1v) is 13.2. The number of benzene rings is 2. The van der Waals surface area contributed by atoms with Crippen LogP contribution in [-0.2, 0) is 17.8 Å². The van der Waals surface area contributed by atoms with Gasteiger partial charge in [0.2, 0.25) is 5.91 Å². The fraction of sp³-hybridized carbons (Fsp3) is 0.429. The first-order valence-electron chi connectivity index (χ1n) is 12.4. The van der Waals surface area contributed by atoms with Gasteiger partial charge in [-0.15, -0.1) is 0 Å². The molecule has 2 fully saturated rings. The van der Waals surface area contributed by atoms with E-state index in [1.807, 2.05) is 6.92 Å². The van der Waals surface area contributed by atoms with Gasteiger partial charge >= 0.3 is 5.63 Å². The van der Waals surface area contributed by atoms with Gasteiger partial charge in [0.1, 0.15) is 23.8 Å². The summed E-state index contributed by atoms with van der Waals surface area (Å²) in [6.45, 7) is 2.89. The fourth-order valence-electron chi connectivity index (χ4n) is 5.53. The Labute approximate surface area is 217 Å². The highest BCUT2D eigenvalue weighted by atomic mass is 79.9. The van der Waals surface area contributed by atoms with Crippen LogP contribution in [0.3, 0.4) is 0 Å². The Morgan fingerprint density at radius 1 is 1.25 bits per heavy atom. The van der Waals surface area contributed by atoms with E-state index in [1.54, 1.807) is 35.2 Å². The standard InChI is InChI=1S/C28H29BrFNO5/c1-17-22-8-7-21(35-16-18-5-6-20(29)12-24(18)30)13-25(22)36-27(33)23(17)14-26(32)31-11-10-28(34)9-3-2-4-19(28)15-31/h5-8,12-13,19,34H,2-4,9-11,14-16H2,1H3/t19-,28-/m0/s1. The lowest BCUT2D eigenvalue weighted by Gasteiger charge is -2.47. The molecule has 5 rings (SSSR count). The SMILES string of the molecule is Cc1c(CC(=O)N2CC[C@@]3(O)CCCC[C@H]3C2)c(=O)oc2cc(OCc3ccc(Br)cc3F)ccc12. The normalized spacial score (nSPS) is 21.9. The largest absolute Gasteiger partial charge is 0.489 e. The van der Waals surface area contributed by atoms with E-state index in [9.17, 15) is 19.1 Å². The van der Waals surface area contributed by atoms with Gasteiger partial charge < -0.3 is 19.2 Å². The van der Waals surface area contributed by atoms with Gasteiger partial charge in [-0.05, 0) is 56.0 Å². The van der Waals surface area contributed by atoms with Crippen LogP contribution < -0.4 is 10.4 Å². The maximum Gasteiger partial charge on any atom is 0.340 e. The number of hydrogen-bond acceptors (Lipinski definition) is 5. The van der Waals surface area contributed by atoms with Crippen LogP contribution in [0.1, 0.15) is 48.8 Å². The summed E-state index contributed by atoms with van der Waals surface area (Å²) in [7, 11) is 0. The monoisotopic (exact) mass is 557 g/mol. The van der Waals surface area contributed by atoms with Crippen molar-refractivity contribution in [1.29, 1.82) is 0 Å². The van der Waals surface area contributed by atoms with Gasteiger partial charge in [-0.3, -0.25) is 4.79 Å². The third-order valence-corrected chi connectivity index (χ3v) is 8.27. The van der Waals surface area contributed by atoms with Gasteiger partial charge in [-0.2, -0.15) is 0 Å². The van der Waals surface area contributed by atoms with Crippen LogP contribution in [0, 0.1) is 18.7 Å². The number of hydrogen-bond donors (Lipinski definition) is 1. The van der Waals surface area contributed by atoms with Crippen molar-refractivity contribution in [2.75, 3.05) is 13.1 Å². The second kappa shape index (κ2) is 9.98. The molecule has 2 heterocycles. The molecule has 2 aliphatic rings. The number of fused-ring (bicyclic) bond motifs is 2. The van der Waals surface area contributed by atoms with Gasteiger partial charge in [-0.1, -0.05) is 34.8 Å². The molecule has 1 aromatic heterocycles. The number of ether oxygens (including phenoxy) is 1. The highest BCUT2D eigenvalue weighted by Gasteiger charge is 2.43. The molecule has 3 aromatic rings. The summed E-state index contributed by atoms with van der Waals surface area (Å²) in [6, 6.07) is 9.91. The van der Waals surface area contributed by atoms with E-state index in [4.69, 9.17) is 9.15 Å². The molecule has 1 aliphatic heterocycles. The van der Waals surface area contributed by atoms with Crippen molar-refractivity contribution in [2.24, 2.45) is 5.92 Å². The number of likely N-dealkylation sites (tertiary alicyclic amines) is 1. The van der Waals surface area contributed by atoms with E-state index in [-0.39, 0.29) is 30.7 Å². The van der Waals surface area contributed by atoms with Crippen molar-refractivity contribution < 1.29 is 23.4 Å². The Morgan fingerprint density at radius 3 is 2.89 bits per heavy atom. The average Bonchev–Trinajstić information content (AvgIpc) is 2.85. The van der Waals surface area contributed by atoms with E-state index < -0.39 is 11.2 Å². The third-order valence-electron chi connectivity index (χ3n) is 7.78. The molecule has 0 unspecified atom stereocenters. The third kappa shape index (κ3) is 4.93.